The fourth-order valence-electron chi connectivity index (χ4n) is 7.80. The molecule has 1 saturated heterocycles. The first kappa shape index (κ1) is 16.7. The molecule has 9 atom stereocenters. The average molecular weight is 364 g/mol. The van der Waals surface area contributed by atoms with Gasteiger partial charge in [-0.2, -0.15) is 0 Å². The Morgan fingerprint density at radius 3 is 2.65 bits per heavy atom. The van der Waals surface area contributed by atoms with Gasteiger partial charge in [-0.1, -0.05) is 6.58 Å². The van der Waals surface area contributed by atoms with Crippen LogP contribution in [0, 0.1) is 28.6 Å². The zero-order chi connectivity index (χ0) is 18.9. The Labute approximate surface area is 150 Å². The summed E-state index contributed by atoms with van der Waals surface area (Å²) in [6, 6.07) is 0. The number of hydrogen-bond acceptors (Lipinski definition) is 6. The van der Waals surface area contributed by atoms with Gasteiger partial charge in [0.1, 0.15) is 5.60 Å². The Hall–Kier alpha value is -1.44. The summed E-state index contributed by atoms with van der Waals surface area (Å²) < 4.78 is 5.90. The number of aliphatic carboxylic acids is 1. The van der Waals surface area contributed by atoms with Gasteiger partial charge in [0, 0.05) is 23.7 Å². The normalized spacial score (nSPS) is 59.8. The zero-order valence-electron chi connectivity index (χ0n) is 14.6. The van der Waals surface area contributed by atoms with Crippen LogP contribution in [0.2, 0.25) is 0 Å². The smallest absolute Gasteiger partial charge is 0.312 e. The van der Waals surface area contributed by atoms with Crippen LogP contribution in [0.3, 0.4) is 0 Å². The maximum absolute atomic E-state index is 12.7. The molecule has 0 aromatic rings. The molecule has 5 rings (SSSR count). The van der Waals surface area contributed by atoms with Gasteiger partial charge in [0.05, 0.1) is 29.1 Å². The molecule has 4 bridgehead atoms. The van der Waals surface area contributed by atoms with E-state index in [0.717, 1.165) is 0 Å². The minimum atomic E-state index is -1.28. The molecule has 0 aromatic heterocycles. The van der Waals surface area contributed by atoms with Gasteiger partial charge in [0.15, 0.2) is 0 Å². The molecule has 4 saturated carbocycles. The highest BCUT2D eigenvalue weighted by molar-refractivity contribution is 5.85. The first-order valence-corrected chi connectivity index (χ1v) is 9.27. The van der Waals surface area contributed by atoms with Crippen LogP contribution in [0.4, 0.5) is 0 Å². The van der Waals surface area contributed by atoms with Crippen molar-refractivity contribution in [2.24, 2.45) is 28.6 Å². The van der Waals surface area contributed by atoms with Gasteiger partial charge in [-0.3, -0.25) is 9.59 Å². The molecule has 0 amide bonds. The van der Waals surface area contributed by atoms with E-state index in [1.807, 2.05) is 0 Å². The van der Waals surface area contributed by atoms with E-state index in [1.165, 1.54) is 0 Å². The Kier molecular flexibility index (Phi) is 2.79. The highest BCUT2D eigenvalue weighted by atomic mass is 16.6. The number of aliphatic hydroxyl groups is 3. The second kappa shape index (κ2) is 4.34. The Balaban J connectivity index is 1.78. The predicted octanol–water partition coefficient (Wildman–Crippen LogP) is 0.222. The van der Waals surface area contributed by atoms with Crippen LogP contribution >= 0.6 is 0 Å². The molecule has 4 N–H and O–H groups in total. The van der Waals surface area contributed by atoms with E-state index in [0.29, 0.717) is 12.8 Å². The fraction of sp³-hybridized carbons (Fsp3) is 0.789. The lowest BCUT2D eigenvalue weighted by molar-refractivity contribution is -0.167. The molecule has 7 heteroatoms. The van der Waals surface area contributed by atoms with Crippen molar-refractivity contribution in [3.63, 3.8) is 0 Å². The van der Waals surface area contributed by atoms with Crippen LogP contribution in [0.5, 0.6) is 0 Å². The number of ether oxygens (including phenoxy) is 1. The number of carbonyl (C=O) groups is 2. The molecular weight excluding hydrogens is 340 g/mol. The van der Waals surface area contributed by atoms with Crippen molar-refractivity contribution in [3.05, 3.63) is 12.2 Å². The molecule has 4 aliphatic carbocycles. The Morgan fingerprint density at radius 2 is 2.00 bits per heavy atom. The largest absolute Gasteiger partial charge is 0.481 e. The van der Waals surface area contributed by atoms with Gasteiger partial charge in [0.25, 0.3) is 0 Å². The van der Waals surface area contributed by atoms with Gasteiger partial charge >= 0.3 is 11.9 Å². The maximum Gasteiger partial charge on any atom is 0.312 e. The van der Waals surface area contributed by atoms with Crippen molar-refractivity contribution in [2.75, 3.05) is 0 Å². The van der Waals surface area contributed by atoms with E-state index in [4.69, 9.17) is 4.74 Å². The number of carboxylic acids is 1. The molecule has 1 spiro atoms. The third kappa shape index (κ3) is 1.43. The van der Waals surface area contributed by atoms with E-state index in [9.17, 15) is 30.0 Å². The van der Waals surface area contributed by atoms with Crippen molar-refractivity contribution >= 4 is 11.9 Å². The summed E-state index contributed by atoms with van der Waals surface area (Å²) in [6.07, 6.45) is -0.678. The molecule has 0 unspecified atom stereocenters. The summed E-state index contributed by atoms with van der Waals surface area (Å²) in [5.74, 6) is -3.61. The fourth-order valence-corrected chi connectivity index (χ4v) is 7.80. The summed E-state index contributed by atoms with van der Waals surface area (Å²) in [6.45, 7) is 5.55. The van der Waals surface area contributed by atoms with Gasteiger partial charge in [0.2, 0.25) is 0 Å². The predicted molar refractivity (Wildman–Crippen MR) is 86.7 cm³/mol. The van der Waals surface area contributed by atoms with E-state index in [2.05, 4.69) is 6.58 Å². The van der Waals surface area contributed by atoms with Crippen molar-refractivity contribution < 1.29 is 34.8 Å². The third-order valence-corrected chi connectivity index (χ3v) is 8.48. The van der Waals surface area contributed by atoms with Gasteiger partial charge in [-0.05, 0) is 38.2 Å². The monoisotopic (exact) mass is 364 g/mol. The second-order valence-electron chi connectivity index (χ2n) is 9.46. The zero-order valence-corrected chi connectivity index (χ0v) is 14.6. The van der Waals surface area contributed by atoms with Gasteiger partial charge in [-0.15, -0.1) is 0 Å². The number of aliphatic hydroxyl groups excluding tert-OH is 2. The minimum absolute atomic E-state index is 0.115. The quantitative estimate of drug-likeness (QED) is 0.388. The topological polar surface area (TPSA) is 124 Å². The summed E-state index contributed by atoms with van der Waals surface area (Å²) >= 11 is 0. The number of hydrogen-bond donors (Lipinski definition) is 4. The SMILES string of the molecule is C=C1[C@@H](O)[C@]23C[C@@]1(O)CC[C@H]2[C@@]12C[C@H](O)C[C@@](C)(C(=O)O1)[C@H]2[C@@H]3C(=O)O. The van der Waals surface area contributed by atoms with Crippen molar-refractivity contribution in [1.29, 1.82) is 0 Å². The maximum atomic E-state index is 12.7. The first-order valence-electron chi connectivity index (χ1n) is 9.27. The molecule has 1 aliphatic heterocycles. The highest BCUT2D eigenvalue weighted by Crippen LogP contribution is 2.78. The summed E-state index contributed by atoms with van der Waals surface area (Å²) in [5.41, 5.74) is -4.33. The number of carboxylic acid groups (broad SMARTS) is 1. The summed E-state index contributed by atoms with van der Waals surface area (Å²) in [7, 11) is 0. The summed E-state index contributed by atoms with van der Waals surface area (Å²) in [4.78, 5) is 25.2. The molecule has 7 nitrogen and oxygen atoms in total. The minimum Gasteiger partial charge on any atom is -0.481 e. The molecule has 1 heterocycles. The molecule has 0 radical (unpaired) electrons. The Morgan fingerprint density at radius 1 is 1.31 bits per heavy atom. The van der Waals surface area contributed by atoms with Crippen molar-refractivity contribution in [1.82, 2.24) is 0 Å². The van der Waals surface area contributed by atoms with Crippen LogP contribution in [0.15, 0.2) is 12.2 Å². The standard InChI is InChI=1S/C19H24O7/c1-8-13(21)18-7-17(8,25)4-3-10(18)19-6-9(20)5-16(2,15(24)26-19)12(19)11(18)14(22)23/h9-13,20-21,25H,1,3-7H2,2H3,(H,22,23)/t9-,10-,11-,12-,13-,16-,17+,18-,19-/m1/s1. The van der Waals surface area contributed by atoms with Crippen LogP contribution in [0.25, 0.3) is 0 Å². The lowest BCUT2D eigenvalue weighted by atomic mass is 9.59. The van der Waals surface area contributed by atoms with Crippen molar-refractivity contribution in [2.45, 2.75) is 62.4 Å². The van der Waals surface area contributed by atoms with E-state index >= 15 is 0 Å². The first-order chi connectivity index (χ1) is 12.0. The third-order valence-electron chi connectivity index (χ3n) is 8.48. The van der Waals surface area contributed by atoms with Crippen LogP contribution in [0.1, 0.15) is 39.0 Å². The summed E-state index contributed by atoms with van der Waals surface area (Å²) in [5, 5.41) is 42.7. The van der Waals surface area contributed by atoms with Gasteiger partial charge < -0.3 is 25.2 Å². The number of rotatable bonds is 1. The molecule has 5 fully saturated rings. The molecule has 26 heavy (non-hydrogen) atoms. The molecular formula is C19H24O7. The van der Waals surface area contributed by atoms with E-state index < -0.39 is 63.9 Å². The number of carbonyl (C=O) groups excluding carboxylic acids is 1. The van der Waals surface area contributed by atoms with Crippen LogP contribution in [-0.4, -0.2) is 55.8 Å². The lowest BCUT2D eigenvalue weighted by Gasteiger charge is -2.46. The van der Waals surface area contributed by atoms with E-state index in [-0.39, 0.29) is 24.8 Å². The second-order valence-corrected chi connectivity index (χ2v) is 9.46. The van der Waals surface area contributed by atoms with Crippen LogP contribution < -0.4 is 0 Å². The van der Waals surface area contributed by atoms with E-state index in [1.54, 1.807) is 6.92 Å². The lowest BCUT2D eigenvalue weighted by Crippen LogP contribution is -2.51. The number of fused-ring (bicyclic) bond motifs is 1. The molecule has 0 aromatic carbocycles. The molecule has 142 valence electrons. The average Bonchev–Trinajstić information content (AvgIpc) is 2.92. The van der Waals surface area contributed by atoms with Crippen molar-refractivity contribution in [3.8, 4) is 0 Å². The highest BCUT2D eigenvalue weighted by Gasteiger charge is 2.85. The molecule has 5 aliphatic rings. The Bertz CT molecular complexity index is 763. The van der Waals surface area contributed by atoms with Crippen LogP contribution in [-0.2, 0) is 14.3 Å². The number of esters is 1. The van der Waals surface area contributed by atoms with Gasteiger partial charge in [-0.25, -0.2) is 0 Å².